The molecule has 3 nitrogen and oxygen atoms in total. The first kappa shape index (κ1) is 11.5. The Balaban J connectivity index is 1.94. The van der Waals surface area contributed by atoms with E-state index in [-0.39, 0.29) is 0 Å². The summed E-state index contributed by atoms with van der Waals surface area (Å²) >= 11 is 0. The summed E-state index contributed by atoms with van der Waals surface area (Å²) in [5.41, 5.74) is 8.53. The van der Waals surface area contributed by atoms with Crippen molar-refractivity contribution in [1.82, 2.24) is 4.98 Å². The summed E-state index contributed by atoms with van der Waals surface area (Å²) < 4.78 is 5.87. The zero-order valence-electron chi connectivity index (χ0n) is 10.4. The van der Waals surface area contributed by atoms with Gasteiger partial charge >= 0.3 is 0 Å². The van der Waals surface area contributed by atoms with E-state index in [0.717, 1.165) is 16.5 Å². The number of fused-ring (bicyclic) bond motifs is 1. The van der Waals surface area contributed by atoms with E-state index >= 15 is 0 Å². The quantitative estimate of drug-likeness (QED) is 0.775. The number of nitrogens with two attached hydrogens (primary N) is 1. The molecule has 2 aromatic carbocycles. The maximum absolute atomic E-state index is 5.96. The summed E-state index contributed by atoms with van der Waals surface area (Å²) in [6.07, 6.45) is 1.64. The fourth-order valence-corrected chi connectivity index (χ4v) is 2.02. The van der Waals surface area contributed by atoms with Crippen molar-refractivity contribution in [2.24, 2.45) is 0 Å². The fraction of sp³-hybridized carbons (Fsp3) is 0.0625. The van der Waals surface area contributed by atoms with Crippen LogP contribution in [-0.2, 0) is 6.61 Å². The number of para-hydroxylation sites is 1. The predicted molar refractivity (Wildman–Crippen MR) is 76.9 cm³/mol. The Bertz CT molecular complexity index is 695. The number of ether oxygens (including phenoxy) is 1. The van der Waals surface area contributed by atoms with Crippen molar-refractivity contribution >= 4 is 16.6 Å². The maximum Gasteiger partial charge on any atom is 0.153 e. The molecule has 1 heterocycles. The summed E-state index contributed by atoms with van der Waals surface area (Å²) in [7, 11) is 0. The Labute approximate surface area is 111 Å². The zero-order chi connectivity index (χ0) is 13.1. The van der Waals surface area contributed by atoms with Gasteiger partial charge in [-0.1, -0.05) is 42.5 Å². The van der Waals surface area contributed by atoms with E-state index in [0.29, 0.717) is 18.0 Å². The Morgan fingerprint density at radius 1 is 0.947 bits per heavy atom. The molecule has 0 atom stereocenters. The van der Waals surface area contributed by atoms with Gasteiger partial charge in [0, 0.05) is 5.39 Å². The number of aromatic nitrogens is 1. The smallest absolute Gasteiger partial charge is 0.153 e. The average Bonchev–Trinajstić information content (AvgIpc) is 2.47. The molecule has 0 bridgehead atoms. The largest absolute Gasteiger partial charge is 0.486 e. The van der Waals surface area contributed by atoms with Crippen molar-refractivity contribution in [3.05, 3.63) is 66.4 Å². The van der Waals surface area contributed by atoms with Crippen LogP contribution in [0.4, 0.5) is 5.69 Å². The number of pyridine rings is 1. The third-order valence-electron chi connectivity index (χ3n) is 2.98. The summed E-state index contributed by atoms with van der Waals surface area (Å²) in [6, 6.07) is 17.9. The number of nitrogen functional groups attached to an aromatic ring is 1. The van der Waals surface area contributed by atoms with Gasteiger partial charge in [0.05, 0.1) is 17.4 Å². The monoisotopic (exact) mass is 250 g/mol. The van der Waals surface area contributed by atoms with Crippen LogP contribution >= 0.6 is 0 Å². The normalized spacial score (nSPS) is 10.5. The molecule has 0 saturated carbocycles. The highest BCUT2D eigenvalue weighted by atomic mass is 16.5. The molecular formula is C16H14N2O. The predicted octanol–water partition coefficient (Wildman–Crippen LogP) is 3.40. The van der Waals surface area contributed by atoms with Gasteiger partial charge < -0.3 is 10.5 Å². The van der Waals surface area contributed by atoms with Crippen LogP contribution in [0.25, 0.3) is 10.9 Å². The molecule has 19 heavy (non-hydrogen) atoms. The molecule has 0 aliphatic carbocycles. The summed E-state index contributed by atoms with van der Waals surface area (Å²) in [5.74, 6) is 0.703. The van der Waals surface area contributed by atoms with Gasteiger partial charge in [0.1, 0.15) is 6.61 Å². The van der Waals surface area contributed by atoms with E-state index in [4.69, 9.17) is 10.5 Å². The molecular weight excluding hydrogens is 236 g/mol. The topological polar surface area (TPSA) is 48.1 Å². The molecule has 2 N–H and O–H groups in total. The third kappa shape index (κ3) is 2.36. The van der Waals surface area contributed by atoms with Crippen molar-refractivity contribution in [3.8, 4) is 5.75 Å². The number of rotatable bonds is 3. The molecule has 0 unspecified atom stereocenters. The number of nitrogens with zero attached hydrogens (tertiary/aromatic N) is 1. The molecule has 3 rings (SSSR count). The molecule has 94 valence electrons. The molecule has 0 radical (unpaired) electrons. The van der Waals surface area contributed by atoms with E-state index in [1.54, 1.807) is 6.20 Å². The van der Waals surface area contributed by atoms with Gasteiger partial charge in [-0.2, -0.15) is 0 Å². The first-order chi connectivity index (χ1) is 9.34. The fourth-order valence-electron chi connectivity index (χ4n) is 2.02. The molecule has 3 heteroatoms. The molecule has 1 aromatic heterocycles. The molecule has 0 spiro atoms. The second kappa shape index (κ2) is 4.98. The van der Waals surface area contributed by atoms with Crippen LogP contribution in [0.2, 0.25) is 0 Å². The number of benzene rings is 2. The van der Waals surface area contributed by atoms with Crippen molar-refractivity contribution in [3.63, 3.8) is 0 Å². The number of hydrogen-bond donors (Lipinski definition) is 1. The van der Waals surface area contributed by atoms with Crippen LogP contribution in [0.3, 0.4) is 0 Å². The zero-order valence-corrected chi connectivity index (χ0v) is 10.4. The maximum atomic E-state index is 5.96. The molecule has 0 aliphatic rings. The molecule has 0 amide bonds. The van der Waals surface area contributed by atoms with Gasteiger partial charge in [0.25, 0.3) is 0 Å². The summed E-state index contributed by atoms with van der Waals surface area (Å²) in [4.78, 5) is 4.29. The first-order valence-electron chi connectivity index (χ1n) is 6.14. The van der Waals surface area contributed by atoms with E-state index in [9.17, 15) is 0 Å². The lowest BCUT2D eigenvalue weighted by molar-refractivity contribution is 0.311. The highest BCUT2D eigenvalue weighted by molar-refractivity contribution is 5.89. The van der Waals surface area contributed by atoms with Crippen LogP contribution in [0.5, 0.6) is 5.75 Å². The van der Waals surface area contributed by atoms with E-state index in [1.165, 1.54) is 0 Å². The summed E-state index contributed by atoms with van der Waals surface area (Å²) in [5, 5.41) is 0.943. The van der Waals surface area contributed by atoms with E-state index in [2.05, 4.69) is 4.98 Å². The highest BCUT2D eigenvalue weighted by Gasteiger charge is 2.07. The Morgan fingerprint density at radius 3 is 2.53 bits per heavy atom. The van der Waals surface area contributed by atoms with Gasteiger partial charge in [-0.25, -0.2) is 0 Å². The van der Waals surface area contributed by atoms with Crippen molar-refractivity contribution < 1.29 is 4.74 Å². The van der Waals surface area contributed by atoms with Crippen LogP contribution in [0.15, 0.2) is 60.8 Å². The van der Waals surface area contributed by atoms with Crippen molar-refractivity contribution in [1.29, 1.82) is 0 Å². The van der Waals surface area contributed by atoms with Gasteiger partial charge in [-0.3, -0.25) is 4.98 Å². The standard InChI is InChI=1S/C16H14N2O/c17-14-10-18-15-9-5-4-8-13(15)16(14)19-11-12-6-2-1-3-7-12/h1-10H,11,17H2. The Kier molecular flexibility index (Phi) is 3.02. The van der Waals surface area contributed by atoms with Gasteiger partial charge in [0.2, 0.25) is 0 Å². The minimum Gasteiger partial charge on any atom is -0.486 e. The van der Waals surface area contributed by atoms with Crippen molar-refractivity contribution in [2.75, 3.05) is 5.73 Å². The molecule has 3 aromatic rings. The summed E-state index contributed by atoms with van der Waals surface area (Å²) in [6.45, 7) is 0.499. The van der Waals surface area contributed by atoms with Gasteiger partial charge in [-0.15, -0.1) is 0 Å². The molecule has 0 fully saturated rings. The molecule has 0 aliphatic heterocycles. The van der Waals surface area contributed by atoms with Crippen LogP contribution in [0, 0.1) is 0 Å². The highest BCUT2D eigenvalue weighted by Crippen LogP contribution is 2.30. The average molecular weight is 250 g/mol. The first-order valence-corrected chi connectivity index (χ1v) is 6.14. The van der Waals surface area contributed by atoms with Crippen molar-refractivity contribution in [2.45, 2.75) is 6.61 Å². The van der Waals surface area contributed by atoms with Gasteiger partial charge in [0.15, 0.2) is 5.75 Å². The van der Waals surface area contributed by atoms with Crippen LogP contribution < -0.4 is 10.5 Å². The van der Waals surface area contributed by atoms with Crippen LogP contribution in [0.1, 0.15) is 5.56 Å². The number of hydrogen-bond acceptors (Lipinski definition) is 3. The van der Waals surface area contributed by atoms with Crippen LogP contribution in [-0.4, -0.2) is 4.98 Å². The SMILES string of the molecule is Nc1cnc2ccccc2c1OCc1ccccc1. The minimum atomic E-state index is 0.499. The Morgan fingerprint density at radius 2 is 1.68 bits per heavy atom. The van der Waals surface area contributed by atoms with E-state index < -0.39 is 0 Å². The molecule has 0 saturated heterocycles. The second-order valence-electron chi connectivity index (χ2n) is 4.33. The lowest BCUT2D eigenvalue weighted by Gasteiger charge is -2.11. The van der Waals surface area contributed by atoms with Gasteiger partial charge in [-0.05, 0) is 17.7 Å². The second-order valence-corrected chi connectivity index (χ2v) is 4.33. The third-order valence-corrected chi connectivity index (χ3v) is 2.98. The Hall–Kier alpha value is -2.55. The number of anilines is 1. The lowest BCUT2D eigenvalue weighted by Crippen LogP contribution is -2.00. The minimum absolute atomic E-state index is 0.499. The lowest BCUT2D eigenvalue weighted by atomic mass is 10.2. The van der Waals surface area contributed by atoms with E-state index in [1.807, 2.05) is 54.6 Å².